The summed E-state index contributed by atoms with van der Waals surface area (Å²) in [6.07, 6.45) is 4.92. The van der Waals surface area contributed by atoms with Crippen molar-refractivity contribution in [2.75, 3.05) is 4.90 Å². The lowest BCUT2D eigenvalue weighted by Gasteiger charge is -2.45. The fourth-order valence-corrected chi connectivity index (χ4v) is 5.42. The molecule has 5 rings (SSSR count). The lowest BCUT2D eigenvalue weighted by Crippen LogP contribution is -2.66. The van der Waals surface area contributed by atoms with Gasteiger partial charge in [-0.15, -0.1) is 0 Å². The van der Waals surface area contributed by atoms with Crippen LogP contribution in [-0.2, 0) is 11.3 Å². The third kappa shape index (κ3) is 3.15. The number of carbonyl (C=O) groups excluding carboxylic acids is 2. The molecular formula is C26H31N3O3. The maximum Gasteiger partial charge on any atom is 0.276 e. The molecule has 6 nitrogen and oxygen atoms in total. The minimum Gasteiger partial charge on any atom is -0.463 e. The number of furan rings is 1. The minimum absolute atomic E-state index is 0.103. The topological polar surface area (TPSA) is 67.5 Å². The van der Waals surface area contributed by atoms with Crippen LogP contribution in [-0.4, -0.2) is 28.0 Å². The standard InChI is InChI=1S/C26H31N3O3/c1-16-8-10-19(11-9-16)29-24(30)22-14-23-21(12-13-32-23)28(22)15-26(29,4)25(31)27-20-7-5-6-17(2)18(20)3/h8-14,17-18,20H,5-7,15H2,1-4H3,(H,27,31). The first-order chi connectivity index (χ1) is 15.3. The smallest absolute Gasteiger partial charge is 0.276 e. The number of amides is 2. The Hall–Kier alpha value is -3.02. The van der Waals surface area contributed by atoms with Crippen molar-refractivity contribution in [1.82, 2.24) is 9.88 Å². The Morgan fingerprint density at radius 1 is 1.16 bits per heavy atom. The van der Waals surface area contributed by atoms with Gasteiger partial charge in [0.2, 0.25) is 5.91 Å². The summed E-state index contributed by atoms with van der Waals surface area (Å²) in [6.45, 7) is 8.74. The zero-order valence-electron chi connectivity index (χ0n) is 19.2. The monoisotopic (exact) mass is 433 g/mol. The molecule has 1 aromatic carbocycles. The van der Waals surface area contributed by atoms with Crippen molar-refractivity contribution in [1.29, 1.82) is 0 Å². The van der Waals surface area contributed by atoms with Crippen molar-refractivity contribution in [2.45, 2.75) is 65.1 Å². The van der Waals surface area contributed by atoms with Gasteiger partial charge < -0.3 is 14.3 Å². The van der Waals surface area contributed by atoms with Crippen LogP contribution in [0.1, 0.15) is 56.1 Å². The van der Waals surface area contributed by atoms with Crippen molar-refractivity contribution < 1.29 is 14.0 Å². The molecule has 1 saturated carbocycles. The molecule has 1 aliphatic carbocycles. The first kappa shape index (κ1) is 20.9. The molecule has 32 heavy (non-hydrogen) atoms. The number of benzene rings is 1. The second-order valence-electron chi connectivity index (χ2n) is 9.88. The van der Waals surface area contributed by atoms with Crippen LogP contribution in [0.15, 0.2) is 47.1 Å². The summed E-state index contributed by atoms with van der Waals surface area (Å²) < 4.78 is 7.49. The van der Waals surface area contributed by atoms with E-state index in [0.29, 0.717) is 29.7 Å². The van der Waals surface area contributed by atoms with Gasteiger partial charge in [0.05, 0.1) is 18.3 Å². The van der Waals surface area contributed by atoms with E-state index >= 15 is 0 Å². The van der Waals surface area contributed by atoms with Crippen LogP contribution in [0.5, 0.6) is 0 Å². The van der Waals surface area contributed by atoms with Gasteiger partial charge >= 0.3 is 0 Å². The van der Waals surface area contributed by atoms with Gasteiger partial charge in [0.1, 0.15) is 11.2 Å². The lowest BCUT2D eigenvalue weighted by atomic mass is 9.77. The Morgan fingerprint density at radius 2 is 1.91 bits per heavy atom. The molecular weight excluding hydrogens is 402 g/mol. The van der Waals surface area contributed by atoms with E-state index in [4.69, 9.17) is 4.42 Å². The van der Waals surface area contributed by atoms with Gasteiger partial charge in [-0.1, -0.05) is 44.4 Å². The van der Waals surface area contributed by atoms with Gasteiger partial charge in [-0.05, 0) is 44.2 Å². The lowest BCUT2D eigenvalue weighted by molar-refractivity contribution is -0.128. The average molecular weight is 434 g/mol. The molecule has 2 aliphatic rings. The molecule has 2 amide bonds. The van der Waals surface area contributed by atoms with E-state index in [2.05, 4.69) is 19.2 Å². The van der Waals surface area contributed by atoms with Crippen LogP contribution in [0.4, 0.5) is 5.69 Å². The third-order valence-corrected chi connectivity index (χ3v) is 7.71. The molecule has 0 radical (unpaired) electrons. The van der Waals surface area contributed by atoms with Crippen LogP contribution in [0, 0.1) is 18.8 Å². The van der Waals surface area contributed by atoms with E-state index in [1.165, 1.54) is 6.42 Å². The summed E-state index contributed by atoms with van der Waals surface area (Å²) in [5.74, 6) is 0.693. The number of nitrogens with zero attached hydrogens (tertiary/aromatic N) is 2. The number of hydrogen-bond donors (Lipinski definition) is 1. The van der Waals surface area contributed by atoms with Crippen molar-refractivity contribution >= 4 is 28.6 Å². The SMILES string of the molecule is Cc1ccc(N2C(=O)c3cc4occc4n3CC2(C)C(=O)NC2CCCC(C)C2C)cc1. The van der Waals surface area contributed by atoms with Gasteiger partial charge in [0, 0.05) is 23.9 Å². The molecule has 1 N–H and O–H groups in total. The predicted molar refractivity (Wildman–Crippen MR) is 125 cm³/mol. The van der Waals surface area contributed by atoms with Crippen LogP contribution in [0.3, 0.4) is 0 Å². The first-order valence-corrected chi connectivity index (χ1v) is 11.6. The van der Waals surface area contributed by atoms with E-state index in [0.717, 1.165) is 29.6 Å². The molecule has 3 aromatic rings. The molecule has 0 spiro atoms. The number of nitrogens with one attached hydrogen (secondary N) is 1. The van der Waals surface area contributed by atoms with Crippen LogP contribution in [0.25, 0.3) is 11.1 Å². The Labute approximate surface area is 188 Å². The largest absolute Gasteiger partial charge is 0.463 e. The molecule has 1 fully saturated rings. The number of rotatable bonds is 3. The average Bonchev–Trinajstić information content (AvgIpc) is 3.35. The van der Waals surface area contributed by atoms with Crippen molar-refractivity contribution in [3.8, 4) is 0 Å². The quantitative estimate of drug-likeness (QED) is 0.639. The van der Waals surface area contributed by atoms with Gasteiger partial charge in [-0.2, -0.15) is 0 Å². The highest BCUT2D eigenvalue weighted by Crippen LogP contribution is 2.37. The number of carbonyl (C=O) groups is 2. The summed E-state index contributed by atoms with van der Waals surface area (Å²) in [6, 6.07) is 11.6. The van der Waals surface area contributed by atoms with Crippen LogP contribution >= 0.6 is 0 Å². The minimum atomic E-state index is -1.07. The fraction of sp³-hybridized carbons (Fsp3) is 0.462. The number of aryl methyl sites for hydroxylation is 1. The van der Waals surface area contributed by atoms with E-state index in [-0.39, 0.29) is 17.9 Å². The highest BCUT2D eigenvalue weighted by atomic mass is 16.3. The summed E-state index contributed by atoms with van der Waals surface area (Å²) in [5, 5.41) is 3.34. The third-order valence-electron chi connectivity index (χ3n) is 7.71. The van der Waals surface area contributed by atoms with Gasteiger partial charge in [-0.3, -0.25) is 14.5 Å². The van der Waals surface area contributed by atoms with E-state index < -0.39 is 5.54 Å². The van der Waals surface area contributed by atoms with Gasteiger partial charge in [0.25, 0.3) is 5.91 Å². The number of aromatic nitrogens is 1. The summed E-state index contributed by atoms with van der Waals surface area (Å²) >= 11 is 0. The van der Waals surface area contributed by atoms with Crippen molar-refractivity contribution in [3.05, 3.63) is 53.9 Å². The summed E-state index contributed by atoms with van der Waals surface area (Å²) in [7, 11) is 0. The molecule has 1 aliphatic heterocycles. The number of hydrogen-bond acceptors (Lipinski definition) is 3. The maximum absolute atomic E-state index is 13.9. The molecule has 6 heteroatoms. The Balaban J connectivity index is 1.57. The predicted octanol–water partition coefficient (Wildman–Crippen LogP) is 4.90. The molecule has 2 aromatic heterocycles. The Bertz CT molecular complexity index is 1170. The van der Waals surface area contributed by atoms with E-state index in [1.807, 2.05) is 48.7 Å². The number of fused-ring (bicyclic) bond motifs is 3. The number of anilines is 1. The highest BCUT2D eigenvalue weighted by Gasteiger charge is 2.49. The van der Waals surface area contributed by atoms with Crippen LogP contribution in [0.2, 0.25) is 0 Å². The maximum atomic E-state index is 13.9. The van der Waals surface area contributed by atoms with Gasteiger partial charge in [0.15, 0.2) is 5.58 Å². The molecule has 0 bridgehead atoms. The highest BCUT2D eigenvalue weighted by molar-refractivity contribution is 6.13. The van der Waals surface area contributed by atoms with Crippen LogP contribution < -0.4 is 10.2 Å². The first-order valence-electron chi connectivity index (χ1n) is 11.6. The van der Waals surface area contributed by atoms with E-state index in [9.17, 15) is 9.59 Å². The summed E-state index contributed by atoms with van der Waals surface area (Å²) in [5.41, 5.74) is 2.82. The normalized spacial score (nSPS) is 28.1. The fourth-order valence-electron chi connectivity index (χ4n) is 5.42. The zero-order chi connectivity index (χ0) is 22.6. The molecule has 3 heterocycles. The molecule has 4 unspecified atom stereocenters. The molecule has 0 saturated heterocycles. The summed E-state index contributed by atoms with van der Waals surface area (Å²) in [4.78, 5) is 29.4. The van der Waals surface area contributed by atoms with Crippen molar-refractivity contribution in [3.63, 3.8) is 0 Å². The Morgan fingerprint density at radius 3 is 2.66 bits per heavy atom. The second-order valence-corrected chi connectivity index (χ2v) is 9.88. The zero-order valence-corrected chi connectivity index (χ0v) is 19.2. The van der Waals surface area contributed by atoms with Crippen molar-refractivity contribution in [2.24, 2.45) is 11.8 Å². The van der Waals surface area contributed by atoms with E-state index in [1.54, 1.807) is 17.2 Å². The molecule has 168 valence electrons. The Kier molecular flexibility index (Phi) is 4.91. The molecule has 4 atom stereocenters. The van der Waals surface area contributed by atoms with Gasteiger partial charge in [-0.25, -0.2) is 0 Å². The second kappa shape index (κ2) is 7.54.